The van der Waals surface area contributed by atoms with Crippen LogP contribution in [0.2, 0.25) is 0 Å². The van der Waals surface area contributed by atoms with Crippen molar-refractivity contribution in [3.05, 3.63) is 6.33 Å². The van der Waals surface area contributed by atoms with Crippen LogP contribution in [0.15, 0.2) is 11.5 Å². The Bertz CT molecular complexity index is 685. The zero-order valence-corrected chi connectivity index (χ0v) is 14.9. The molecule has 2 aliphatic rings. The average molecular weight is 390 g/mol. The zero-order valence-electron chi connectivity index (χ0n) is 14.1. The lowest BCUT2D eigenvalue weighted by Crippen LogP contribution is -2.59. The number of thioether (sulfide) groups is 1. The van der Waals surface area contributed by atoms with E-state index in [9.17, 15) is 24.6 Å². The maximum Gasteiger partial charge on any atom is 0.329 e. The van der Waals surface area contributed by atoms with E-state index in [-0.39, 0.29) is 23.3 Å². The number of quaternary nitrogens is 1. The van der Waals surface area contributed by atoms with Crippen molar-refractivity contribution < 1.29 is 30.1 Å². The van der Waals surface area contributed by atoms with Gasteiger partial charge in [0.2, 0.25) is 5.91 Å². The van der Waals surface area contributed by atoms with Crippen LogP contribution in [0, 0.1) is 17.8 Å². The number of aliphatic carboxylic acids is 2. The fourth-order valence-corrected chi connectivity index (χ4v) is 4.93. The van der Waals surface area contributed by atoms with Crippen molar-refractivity contribution in [2.75, 3.05) is 0 Å². The first-order valence-electron chi connectivity index (χ1n) is 7.32. The number of carbonyl (C=O) groups excluding carboxylic acids is 2. The first-order chi connectivity index (χ1) is 11.3. The van der Waals surface area contributed by atoms with Crippen molar-refractivity contribution in [3.63, 3.8) is 0 Å². The third kappa shape index (κ3) is 3.38. The minimum Gasteiger partial charge on any atom is -0.550 e. The SMILES string of the molecule is CC(N)C(=O)N[C@@]1(C(=O)O)CC(Sc2ncn[nH]2)[C@H]2C(C(=O)[O-])[C@H]21.O.[NH4+]. The number of carbonyl (C=O) groups is 3. The zero-order chi connectivity index (χ0) is 17.6. The molecule has 1 aromatic heterocycles. The van der Waals surface area contributed by atoms with Gasteiger partial charge in [-0.1, -0.05) is 11.8 Å². The van der Waals surface area contributed by atoms with E-state index >= 15 is 0 Å². The fraction of sp³-hybridized carbons (Fsp3) is 0.615. The van der Waals surface area contributed by atoms with Crippen LogP contribution in [0.1, 0.15) is 13.3 Å². The number of nitrogens with two attached hydrogens (primary N) is 1. The van der Waals surface area contributed by atoms with Gasteiger partial charge in [-0.3, -0.25) is 9.89 Å². The Labute approximate surface area is 152 Å². The Morgan fingerprint density at radius 2 is 2.19 bits per heavy atom. The van der Waals surface area contributed by atoms with Crippen LogP contribution >= 0.6 is 11.8 Å². The fourth-order valence-electron chi connectivity index (χ4n) is 3.59. The van der Waals surface area contributed by atoms with E-state index in [1.165, 1.54) is 25.0 Å². The van der Waals surface area contributed by atoms with Crippen molar-refractivity contribution >= 4 is 29.6 Å². The number of hydrogen-bond donors (Lipinski definition) is 5. The van der Waals surface area contributed by atoms with Crippen LogP contribution in [0.4, 0.5) is 0 Å². The molecule has 3 unspecified atom stereocenters. The Morgan fingerprint density at radius 3 is 2.65 bits per heavy atom. The van der Waals surface area contributed by atoms with Gasteiger partial charge in [-0.25, -0.2) is 9.78 Å². The first kappa shape index (κ1) is 21.8. The summed E-state index contributed by atoms with van der Waals surface area (Å²) in [4.78, 5) is 39.2. The maximum absolute atomic E-state index is 12.0. The van der Waals surface area contributed by atoms with E-state index < -0.39 is 47.2 Å². The molecule has 0 saturated heterocycles. The van der Waals surface area contributed by atoms with Gasteiger partial charge in [0, 0.05) is 23.1 Å². The Kier molecular flexibility index (Phi) is 6.35. The number of nitrogens with zero attached hydrogens (tertiary/aromatic N) is 2. The Hall–Kier alpha value is -2.22. The summed E-state index contributed by atoms with van der Waals surface area (Å²) in [6, 6.07) is -0.902. The molecule has 0 bridgehead atoms. The number of H-pyrrole nitrogens is 1. The van der Waals surface area contributed by atoms with E-state index in [1.54, 1.807) is 0 Å². The van der Waals surface area contributed by atoms with Crippen molar-refractivity contribution in [2.24, 2.45) is 23.5 Å². The molecular weight excluding hydrogens is 368 g/mol. The molecule has 1 heterocycles. The predicted molar refractivity (Wildman–Crippen MR) is 87.9 cm³/mol. The third-order valence-electron chi connectivity index (χ3n) is 4.67. The van der Waals surface area contributed by atoms with Crippen LogP contribution in [-0.4, -0.2) is 60.4 Å². The number of aromatic nitrogens is 3. The second-order valence-corrected chi connectivity index (χ2v) is 7.38. The molecule has 1 amide bonds. The summed E-state index contributed by atoms with van der Waals surface area (Å²) in [5.41, 5.74) is 3.84. The average Bonchev–Trinajstić information content (AvgIpc) is 2.90. The molecule has 146 valence electrons. The second-order valence-electron chi connectivity index (χ2n) is 6.15. The molecule has 1 aromatic rings. The molecule has 11 N–H and O–H groups in total. The Morgan fingerprint density at radius 1 is 1.54 bits per heavy atom. The molecule has 12 nitrogen and oxygen atoms in total. The van der Waals surface area contributed by atoms with Crippen molar-refractivity contribution in [3.8, 4) is 0 Å². The van der Waals surface area contributed by atoms with Crippen LogP contribution < -0.4 is 22.3 Å². The molecule has 0 aliphatic heterocycles. The largest absolute Gasteiger partial charge is 0.550 e. The van der Waals surface area contributed by atoms with Crippen LogP contribution in [0.25, 0.3) is 0 Å². The third-order valence-corrected chi connectivity index (χ3v) is 5.87. The smallest absolute Gasteiger partial charge is 0.329 e. The summed E-state index contributed by atoms with van der Waals surface area (Å²) in [7, 11) is 0. The maximum atomic E-state index is 12.0. The lowest BCUT2D eigenvalue weighted by molar-refractivity contribution is -0.309. The van der Waals surface area contributed by atoms with Crippen LogP contribution in [0.5, 0.6) is 0 Å². The molecule has 2 aliphatic carbocycles. The molecule has 0 spiro atoms. The summed E-state index contributed by atoms with van der Waals surface area (Å²) < 4.78 is 0. The standard InChI is InChI=1S/C13H17N5O5S.H3N.H2O/c1-4(14)9(19)17-13(11(22)23)2-5(24-12-15-3-16-18-12)6-7(8(6)13)10(20)21;;/h3-8H,2,14H2,1H3,(H,17,19)(H,20,21)(H,22,23)(H,15,16,18);1H3;1H2/t4?,5?,6-,7?,8-,13-;;/m0../s1. The molecule has 3 rings (SSSR count). The highest BCUT2D eigenvalue weighted by Gasteiger charge is 2.73. The summed E-state index contributed by atoms with van der Waals surface area (Å²) in [5, 5.41) is 30.0. The Balaban J connectivity index is 0.00000169. The van der Waals surface area contributed by atoms with Gasteiger partial charge in [-0.15, -0.1) is 0 Å². The van der Waals surface area contributed by atoms with Crippen LogP contribution in [0.3, 0.4) is 0 Å². The number of carboxylic acid groups (broad SMARTS) is 2. The topological polar surface area (TPSA) is 242 Å². The molecule has 2 fully saturated rings. The normalized spacial score (nSPS) is 32.4. The van der Waals surface area contributed by atoms with Gasteiger partial charge in [0.25, 0.3) is 0 Å². The number of rotatable bonds is 6. The minimum atomic E-state index is -1.67. The molecule has 13 heteroatoms. The monoisotopic (exact) mass is 390 g/mol. The van der Waals surface area contributed by atoms with Gasteiger partial charge in [-0.2, -0.15) is 5.10 Å². The quantitative estimate of drug-likeness (QED) is 0.334. The molecule has 0 radical (unpaired) electrons. The number of hydrogen-bond acceptors (Lipinski definition) is 8. The molecule has 26 heavy (non-hydrogen) atoms. The molecule has 6 atom stereocenters. The van der Waals surface area contributed by atoms with Gasteiger partial charge >= 0.3 is 5.97 Å². The first-order valence-corrected chi connectivity index (χ1v) is 8.20. The molecule has 0 aromatic carbocycles. The van der Waals surface area contributed by atoms with E-state index in [4.69, 9.17) is 5.73 Å². The predicted octanol–water partition coefficient (Wildman–Crippen LogP) is -2.88. The van der Waals surface area contributed by atoms with Gasteiger partial charge in [0.05, 0.1) is 6.04 Å². The van der Waals surface area contributed by atoms with Crippen LogP contribution in [-0.2, 0) is 14.4 Å². The van der Waals surface area contributed by atoms with E-state index in [2.05, 4.69) is 20.5 Å². The summed E-state index contributed by atoms with van der Waals surface area (Å²) >= 11 is 1.22. The number of amides is 1. The van der Waals surface area contributed by atoms with E-state index in [1.807, 2.05) is 0 Å². The van der Waals surface area contributed by atoms with Crippen molar-refractivity contribution in [1.82, 2.24) is 26.6 Å². The highest BCUT2D eigenvalue weighted by atomic mass is 32.2. The minimum absolute atomic E-state index is 0. The number of aromatic amines is 1. The molecular formula is C13H22N6O6S. The highest BCUT2D eigenvalue weighted by Crippen LogP contribution is 2.65. The summed E-state index contributed by atoms with van der Waals surface area (Å²) in [5.74, 6) is -5.30. The van der Waals surface area contributed by atoms with E-state index in [0.29, 0.717) is 5.16 Å². The van der Waals surface area contributed by atoms with E-state index in [0.717, 1.165) is 0 Å². The van der Waals surface area contributed by atoms with Gasteiger partial charge < -0.3 is 37.7 Å². The van der Waals surface area contributed by atoms with Gasteiger partial charge in [0.15, 0.2) is 5.16 Å². The number of carboxylic acids is 2. The lowest BCUT2D eigenvalue weighted by Gasteiger charge is -2.31. The van der Waals surface area contributed by atoms with Gasteiger partial charge in [-0.05, 0) is 19.3 Å². The van der Waals surface area contributed by atoms with Crippen molar-refractivity contribution in [2.45, 2.75) is 35.3 Å². The second kappa shape index (κ2) is 7.57. The van der Waals surface area contributed by atoms with Crippen molar-refractivity contribution in [1.29, 1.82) is 0 Å². The number of nitrogens with one attached hydrogen (secondary N) is 2. The number of fused-ring (bicyclic) bond motifs is 1. The molecule has 2 saturated carbocycles. The highest BCUT2D eigenvalue weighted by molar-refractivity contribution is 7.99. The summed E-state index contributed by atoms with van der Waals surface area (Å²) in [6.07, 6.45) is 1.38. The lowest BCUT2D eigenvalue weighted by atomic mass is 9.89. The summed E-state index contributed by atoms with van der Waals surface area (Å²) in [6.45, 7) is 1.43. The van der Waals surface area contributed by atoms with Gasteiger partial charge in [0.1, 0.15) is 11.9 Å².